The first-order valence-electron chi connectivity index (χ1n) is 13.8. The SMILES string of the molecule is CC(=O)N1CCc2nc(N3CCC(Oc4ccc(F)cc4F)CC3)c(NCC(F)F)nc2C1C.NC(=O)C1=NC=CNC1. The monoisotopic (exact) mass is 606 g/mol. The van der Waals surface area contributed by atoms with Crippen molar-refractivity contribution in [1.82, 2.24) is 20.2 Å². The van der Waals surface area contributed by atoms with Crippen molar-refractivity contribution in [1.29, 1.82) is 0 Å². The lowest BCUT2D eigenvalue weighted by Gasteiger charge is -2.36. The zero-order valence-corrected chi connectivity index (χ0v) is 23.8. The molecule has 3 aliphatic rings. The van der Waals surface area contributed by atoms with Crippen LogP contribution >= 0.6 is 0 Å². The van der Waals surface area contributed by atoms with Gasteiger partial charge < -0.3 is 30.9 Å². The van der Waals surface area contributed by atoms with Gasteiger partial charge in [-0.15, -0.1) is 0 Å². The first-order valence-corrected chi connectivity index (χ1v) is 13.8. The fourth-order valence-electron chi connectivity index (χ4n) is 4.97. The first kappa shape index (κ1) is 31.5. The van der Waals surface area contributed by atoms with Crippen molar-refractivity contribution in [3.8, 4) is 5.75 Å². The Morgan fingerprint density at radius 2 is 1.93 bits per heavy atom. The molecule has 0 radical (unpaired) electrons. The Balaban J connectivity index is 0.000000403. The van der Waals surface area contributed by atoms with Gasteiger partial charge in [-0.1, -0.05) is 0 Å². The Morgan fingerprint density at radius 1 is 1.19 bits per heavy atom. The van der Waals surface area contributed by atoms with Gasteiger partial charge in [0.05, 0.1) is 30.5 Å². The van der Waals surface area contributed by atoms with E-state index >= 15 is 0 Å². The van der Waals surface area contributed by atoms with Gasteiger partial charge in [-0.3, -0.25) is 14.6 Å². The molecule has 0 bridgehead atoms. The summed E-state index contributed by atoms with van der Waals surface area (Å²) >= 11 is 0. The highest BCUT2D eigenvalue weighted by atomic mass is 19.3. The van der Waals surface area contributed by atoms with Gasteiger partial charge in [0.15, 0.2) is 23.2 Å². The van der Waals surface area contributed by atoms with E-state index in [1.54, 1.807) is 11.1 Å². The highest BCUT2D eigenvalue weighted by molar-refractivity contribution is 6.39. The number of primary amides is 1. The van der Waals surface area contributed by atoms with Crippen LogP contribution in [-0.4, -0.2) is 77.6 Å². The molecule has 2 amide bonds. The number of aromatic nitrogens is 2. The number of fused-ring (bicyclic) bond motifs is 1. The van der Waals surface area contributed by atoms with Crippen molar-refractivity contribution in [3.05, 3.63) is 53.6 Å². The molecule has 3 aliphatic heterocycles. The number of carbonyl (C=O) groups is 2. The number of hydrogen-bond donors (Lipinski definition) is 3. The molecule has 11 nitrogen and oxygen atoms in total. The van der Waals surface area contributed by atoms with Gasteiger partial charge in [0.1, 0.15) is 17.6 Å². The van der Waals surface area contributed by atoms with Crippen molar-refractivity contribution in [3.63, 3.8) is 0 Å². The van der Waals surface area contributed by atoms with E-state index < -0.39 is 30.5 Å². The molecular formula is C28H34F4N8O3. The largest absolute Gasteiger partial charge is 0.487 e. The van der Waals surface area contributed by atoms with Crippen LogP contribution in [-0.2, 0) is 16.0 Å². The molecular weight excluding hydrogens is 572 g/mol. The third-order valence-electron chi connectivity index (χ3n) is 7.17. The number of halogens is 4. The van der Waals surface area contributed by atoms with E-state index in [9.17, 15) is 27.2 Å². The number of benzene rings is 1. The maximum Gasteiger partial charge on any atom is 0.264 e. The topological polar surface area (TPSA) is 138 Å². The number of alkyl halides is 2. The smallest absolute Gasteiger partial charge is 0.264 e. The second-order valence-electron chi connectivity index (χ2n) is 10.2. The molecule has 4 heterocycles. The van der Waals surface area contributed by atoms with Crippen LogP contribution < -0.4 is 26.0 Å². The summed E-state index contributed by atoms with van der Waals surface area (Å²) in [5.41, 5.74) is 6.64. The molecule has 1 aromatic carbocycles. The summed E-state index contributed by atoms with van der Waals surface area (Å²) in [4.78, 5) is 39.1. The van der Waals surface area contributed by atoms with Gasteiger partial charge in [0.2, 0.25) is 5.91 Å². The lowest BCUT2D eigenvalue weighted by atomic mass is 10.0. The molecule has 1 atom stereocenters. The van der Waals surface area contributed by atoms with Gasteiger partial charge in [-0.05, 0) is 19.1 Å². The standard InChI is InChI=1S/C23H27F4N5O2.C5H7N3O/c1-13-21-18(7-10-32(13)14(2)33)29-23(22(30-21)28-12-20(26)27)31-8-5-16(6-9-31)34-19-4-3-15(24)11-17(19)25;6-5(9)4-3-7-1-2-8-4/h3-4,11,13,16,20H,5-10,12H2,1-2H3,(H,28,30);1-2,7H,3H2,(H2,6,9). The zero-order valence-electron chi connectivity index (χ0n) is 23.8. The molecule has 43 heavy (non-hydrogen) atoms. The van der Waals surface area contributed by atoms with Gasteiger partial charge in [0.25, 0.3) is 12.3 Å². The number of carbonyl (C=O) groups excluding carboxylic acids is 2. The van der Waals surface area contributed by atoms with Crippen molar-refractivity contribution in [2.75, 3.05) is 42.9 Å². The highest BCUT2D eigenvalue weighted by Gasteiger charge is 2.32. The highest BCUT2D eigenvalue weighted by Crippen LogP contribution is 2.34. The third-order valence-corrected chi connectivity index (χ3v) is 7.17. The molecule has 15 heteroatoms. The van der Waals surface area contributed by atoms with Crippen LogP contribution in [0.2, 0.25) is 0 Å². The number of ether oxygens (including phenoxy) is 1. The maximum absolute atomic E-state index is 13.9. The minimum atomic E-state index is -2.57. The molecule has 2 aromatic rings. The maximum atomic E-state index is 13.9. The van der Waals surface area contributed by atoms with Crippen LogP contribution in [0.15, 0.2) is 35.6 Å². The van der Waals surface area contributed by atoms with Gasteiger partial charge >= 0.3 is 0 Å². The lowest BCUT2D eigenvalue weighted by Crippen LogP contribution is -2.41. The normalized spacial score (nSPS) is 18.2. The van der Waals surface area contributed by atoms with Crippen molar-refractivity contribution in [2.24, 2.45) is 10.7 Å². The lowest BCUT2D eigenvalue weighted by molar-refractivity contribution is -0.131. The molecule has 0 spiro atoms. The van der Waals surface area contributed by atoms with Gasteiger partial charge in [-0.2, -0.15) is 0 Å². The number of piperidine rings is 1. The molecule has 0 saturated carbocycles. The summed E-state index contributed by atoms with van der Waals surface area (Å²) in [6.07, 6.45) is 1.93. The first-order chi connectivity index (χ1) is 20.5. The molecule has 5 rings (SSSR count). The summed E-state index contributed by atoms with van der Waals surface area (Å²) < 4.78 is 58.7. The van der Waals surface area contributed by atoms with E-state index in [0.29, 0.717) is 62.7 Å². The molecule has 232 valence electrons. The second-order valence-corrected chi connectivity index (χ2v) is 10.2. The Morgan fingerprint density at radius 3 is 2.51 bits per heavy atom. The third kappa shape index (κ3) is 8.11. The van der Waals surface area contributed by atoms with E-state index in [4.69, 9.17) is 15.5 Å². The number of hydrogen-bond acceptors (Lipinski definition) is 9. The van der Waals surface area contributed by atoms with E-state index in [1.807, 2.05) is 11.8 Å². The summed E-state index contributed by atoms with van der Waals surface area (Å²) in [5.74, 6) is -1.24. The van der Waals surface area contributed by atoms with E-state index in [0.717, 1.165) is 17.8 Å². The van der Waals surface area contributed by atoms with Crippen molar-refractivity contribution >= 4 is 29.2 Å². The Bertz CT molecular complexity index is 1380. The number of nitrogens with zero attached hydrogens (tertiary/aromatic N) is 5. The Labute approximate surface area is 246 Å². The van der Waals surface area contributed by atoms with Crippen LogP contribution in [0.25, 0.3) is 0 Å². The Kier molecular flexibility index (Phi) is 10.4. The average Bonchev–Trinajstić information content (AvgIpc) is 2.98. The summed E-state index contributed by atoms with van der Waals surface area (Å²) in [6, 6.07) is 2.89. The molecule has 4 N–H and O–H groups in total. The zero-order chi connectivity index (χ0) is 31.1. The molecule has 1 aromatic heterocycles. The quantitative estimate of drug-likeness (QED) is 0.409. The fourth-order valence-corrected chi connectivity index (χ4v) is 4.97. The molecule has 0 aliphatic carbocycles. The fraction of sp³-hybridized carbons (Fsp3) is 0.464. The van der Waals surface area contributed by atoms with E-state index in [-0.39, 0.29) is 29.6 Å². The number of aliphatic imine (C=N–C) groups is 1. The van der Waals surface area contributed by atoms with Crippen molar-refractivity contribution < 1.29 is 31.9 Å². The minimum Gasteiger partial charge on any atom is -0.487 e. The number of rotatable bonds is 7. The van der Waals surface area contributed by atoms with E-state index in [2.05, 4.69) is 20.6 Å². The van der Waals surface area contributed by atoms with Gasteiger partial charge in [0, 0.05) is 64.3 Å². The van der Waals surface area contributed by atoms with E-state index in [1.165, 1.54) is 19.2 Å². The predicted molar refractivity (Wildman–Crippen MR) is 152 cm³/mol. The number of amides is 2. The molecule has 1 fully saturated rings. The van der Waals surface area contributed by atoms with Crippen LogP contribution in [0.3, 0.4) is 0 Å². The van der Waals surface area contributed by atoms with Crippen molar-refractivity contribution in [2.45, 2.75) is 51.7 Å². The Hall–Kier alpha value is -4.43. The predicted octanol–water partition coefficient (Wildman–Crippen LogP) is 2.93. The minimum absolute atomic E-state index is 0.00303. The summed E-state index contributed by atoms with van der Waals surface area (Å²) in [5, 5.41) is 5.51. The average molecular weight is 607 g/mol. The van der Waals surface area contributed by atoms with Gasteiger partial charge in [-0.25, -0.2) is 27.5 Å². The van der Waals surface area contributed by atoms with Crippen LogP contribution in [0, 0.1) is 11.6 Å². The molecule has 1 unspecified atom stereocenters. The van der Waals surface area contributed by atoms with Crippen LogP contribution in [0.1, 0.15) is 44.1 Å². The number of anilines is 2. The summed E-state index contributed by atoms with van der Waals surface area (Å²) in [7, 11) is 0. The second kappa shape index (κ2) is 14.2. The number of nitrogens with one attached hydrogen (secondary N) is 2. The molecule has 1 saturated heterocycles. The number of nitrogens with two attached hydrogens (primary N) is 1. The van der Waals surface area contributed by atoms with Crippen LogP contribution in [0.5, 0.6) is 5.75 Å². The summed E-state index contributed by atoms with van der Waals surface area (Å²) in [6.45, 7) is 4.71. The van der Waals surface area contributed by atoms with Crippen LogP contribution in [0.4, 0.5) is 29.2 Å².